The summed E-state index contributed by atoms with van der Waals surface area (Å²) < 4.78 is 0. The minimum absolute atomic E-state index is 0.00312. The summed E-state index contributed by atoms with van der Waals surface area (Å²) in [6.45, 7) is 7.17. The highest BCUT2D eigenvalue weighted by atomic mass is 16.2. The zero-order chi connectivity index (χ0) is 10.8. The van der Waals surface area contributed by atoms with Gasteiger partial charge < -0.3 is 10.6 Å². The van der Waals surface area contributed by atoms with Gasteiger partial charge in [0.05, 0.1) is 5.54 Å². The quantitative estimate of drug-likeness (QED) is 0.696. The van der Waals surface area contributed by atoms with E-state index in [1.807, 2.05) is 4.90 Å². The highest BCUT2D eigenvalue weighted by Crippen LogP contribution is 2.28. The maximum atomic E-state index is 11.6. The van der Waals surface area contributed by atoms with Crippen LogP contribution in [0.15, 0.2) is 0 Å². The van der Waals surface area contributed by atoms with Gasteiger partial charge in [-0.05, 0) is 20.3 Å². The van der Waals surface area contributed by atoms with Crippen molar-refractivity contribution in [3.63, 3.8) is 0 Å². The summed E-state index contributed by atoms with van der Waals surface area (Å²) in [5.41, 5.74) is 5.79. The van der Waals surface area contributed by atoms with Crippen molar-refractivity contribution in [3.05, 3.63) is 0 Å². The first-order chi connectivity index (χ1) is 6.50. The molecule has 0 aromatic rings. The van der Waals surface area contributed by atoms with Crippen LogP contribution in [0, 0.1) is 0 Å². The maximum Gasteiger partial charge on any atom is 0.224 e. The molecule has 0 aliphatic carbocycles. The molecule has 3 nitrogen and oxygen atoms in total. The van der Waals surface area contributed by atoms with Gasteiger partial charge in [-0.3, -0.25) is 4.79 Å². The third-order valence-electron chi connectivity index (χ3n) is 3.28. The van der Waals surface area contributed by atoms with Crippen LogP contribution < -0.4 is 5.73 Å². The van der Waals surface area contributed by atoms with Crippen LogP contribution in [0.25, 0.3) is 0 Å². The summed E-state index contributed by atoms with van der Waals surface area (Å²) in [5.74, 6) is 0.221. The van der Waals surface area contributed by atoms with Crippen molar-refractivity contribution in [1.82, 2.24) is 4.90 Å². The maximum absolute atomic E-state index is 11.6. The summed E-state index contributed by atoms with van der Waals surface area (Å²) >= 11 is 0. The number of amides is 1. The first kappa shape index (κ1) is 11.5. The van der Waals surface area contributed by atoms with Crippen molar-refractivity contribution in [2.75, 3.05) is 6.54 Å². The molecule has 2 N–H and O–H groups in total. The molecule has 1 amide bonds. The van der Waals surface area contributed by atoms with E-state index in [2.05, 4.69) is 20.8 Å². The fourth-order valence-corrected chi connectivity index (χ4v) is 2.00. The topological polar surface area (TPSA) is 46.3 Å². The highest BCUT2D eigenvalue weighted by Gasteiger charge is 2.43. The molecule has 1 atom stereocenters. The highest BCUT2D eigenvalue weighted by molar-refractivity contribution is 5.80. The lowest BCUT2D eigenvalue weighted by atomic mass is 9.96. The van der Waals surface area contributed by atoms with Gasteiger partial charge in [-0.2, -0.15) is 0 Å². The van der Waals surface area contributed by atoms with Crippen LogP contribution in [-0.2, 0) is 4.79 Å². The number of hydrogen-bond donors (Lipinski definition) is 1. The molecule has 1 heterocycles. The molecular weight excluding hydrogens is 176 g/mol. The number of nitrogens with two attached hydrogens (primary N) is 1. The van der Waals surface area contributed by atoms with E-state index in [0.29, 0.717) is 6.42 Å². The monoisotopic (exact) mass is 198 g/mol. The van der Waals surface area contributed by atoms with Gasteiger partial charge in [-0.25, -0.2) is 0 Å². The van der Waals surface area contributed by atoms with Gasteiger partial charge in [-0.1, -0.05) is 19.8 Å². The van der Waals surface area contributed by atoms with Gasteiger partial charge in [0, 0.05) is 19.0 Å². The van der Waals surface area contributed by atoms with E-state index < -0.39 is 0 Å². The molecule has 0 spiro atoms. The Morgan fingerprint density at radius 2 is 2.14 bits per heavy atom. The van der Waals surface area contributed by atoms with Crippen molar-refractivity contribution in [3.8, 4) is 0 Å². The fourth-order valence-electron chi connectivity index (χ4n) is 2.00. The predicted molar refractivity (Wildman–Crippen MR) is 57.9 cm³/mol. The number of hydrogen-bond acceptors (Lipinski definition) is 2. The van der Waals surface area contributed by atoms with Crippen LogP contribution in [-0.4, -0.2) is 28.9 Å². The summed E-state index contributed by atoms with van der Waals surface area (Å²) in [4.78, 5) is 13.6. The third-order valence-corrected chi connectivity index (χ3v) is 3.28. The second-order valence-corrected chi connectivity index (χ2v) is 4.72. The van der Waals surface area contributed by atoms with Crippen molar-refractivity contribution < 1.29 is 4.79 Å². The molecule has 3 heteroatoms. The van der Waals surface area contributed by atoms with E-state index in [-0.39, 0.29) is 17.5 Å². The molecule has 82 valence electrons. The third kappa shape index (κ3) is 2.08. The Labute approximate surface area is 86.6 Å². The second kappa shape index (κ2) is 4.30. The number of rotatable bonds is 4. The molecule has 1 fully saturated rings. The molecule has 1 aliphatic heterocycles. The Bertz CT molecular complexity index is 213. The van der Waals surface area contributed by atoms with Gasteiger partial charge in [0.2, 0.25) is 5.91 Å². The minimum Gasteiger partial charge on any atom is -0.336 e. The van der Waals surface area contributed by atoms with E-state index in [1.165, 1.54) is 12.8 Å². The molecule has 0 saturated carbocycles. The Morgan fingerprint density at radius 1 is 1.50 bits per heavy atom. The fraction of sp³-hybridized carbons (Fsp3) is 0.909. The van der Waals surface area contributed by atoms with Crippen LogP contribution in [0.5, 0.6) is 0 Å². The number of nitrogens with zero attached hydrogens (tertiary/aromatic N) is 1. The Hall–Kier alpha value is -0.570. The lowest BCUT2D eigenvalue weighted by Crippen LogP contribution is -2.49. The van der Waals surface area contributed by atoms with E-state index in [0.717, 1.165) is 13.0 Å². The molecular formula is C11H22N2O. The van der Waals surface area contributed by atoms with E-state index in [4.69, 9.17) is 5.73 Å². The Kier molecular flexibility index (Phi) is 3.53. The van der Waals surface area contributed by atoms with Crippen molar-refractivity contribution in [2.24, 2.45) is 5.73 Å². The van der Waals surface area contributed by atoms with Crippen LogP contribution in [0.1, 0.15) is 46.5 Å². The van der Waals surface area contributed by atoms with Crippen LogP contribution in [0.4, 0.5) is 0 Å². The Balaban J connectivity index is 2.53. The summed E-state index contributed by atoms with van der Waals surface area (Å²) in [6.07, 6.45) is 3.99. The molecule has 1 unspecified atom stereocenters. The zero-order valence-electron chi connectivity index (χ0n) is 9.55. The average Bonchev–Trinajstić information content (AvgIpc) is 2.28. The van der Waals surface area contributed by atoms with Gasteiger partial charge in [0.15, 0.2) is 0 Å². The van der Waals surface area contributed by atoms with E-state index in [9.17, 15) is 4.79 Å². The van der Waals surface area contributed by atoms with Gasteiger partial charge >= 0.3 is 0 Å². The van der Waals surface area contributed by atoms with Crippen molar-refractivity contribution in [1.29, 1.82) is 0 Å². The number of likely N-dealkylation sites (tertiary alicyclic amines) is 1. The van der Waals surface area contributed by atoms with E-state index >= 15 is 0 Å². The van der Waals surface area contributed by atoms with Gasteiger partial charge in [0.25, 0.3) is 0 Å². The molecule has 0 bridgehead atoms. The summed E-state index contributed by atoms with van der Waals surface area (Å²) in [6, 6.07) is -0.00312. The Morgan fingerprint density at radius 3 is 2.57 bits per heavy atom. The lowest BCUT2D eigenvalue weighted by molar-refractivity contribution is -0.130. The molecule has 1 saturated heterocycles. The predicted octanol–water partition coefficient (Wildman–Crippen LogP) is 1.51. The molecule has 1 aliphatic rings. The normalized spacial score (nSPS) is 25.9. The smallest absolute Gasteiger partial charge is 0.224 e. The van der Waals surface area contributed by atoms with Crippen LogP contribution in [0.3, 0.4) is 0 Å². The average molecular weight is 198 g/mol. The van der Waals surface area contributed by atoms with Crippen molar-refractivity contribution in [2.45, 2.75) is 58.0 Å². The molecule has 0 aromatic carbocycles. The molecule has 1 rings (SSSR count). The SMILES string of the molecule is CCCCCN1C(=O)CC(N)C1(C)C. The molecule has 0 radical (unpaired) electrons. The molecule has 0 aromatic heterocycles. The van der Waals surface area contributed by atoms with Gasteiger partial charge in [0.1, 0.15) is 0 Å². The van der Waals surface area contributed by atoms with E-state index in [1.54, 1.807) is 0 Å². The standard InChI is InChI=1S/C11H22N2O/c1-4-5-6-7-13-10(14)8-9(12)11(13,2)3/h9H,4-8,12H2,1-3H3. The largest absolute Gasteiger partial charge is 0.336 e. The number of carbonyl (C=O) groups excluding carboxylic acids is 1. The van der Waals surface area contributed by atoms with Crippen LogP contribution >= 0.6 is 0 Å². The second-order valence-electron chi connectivity index (χ2n) is 4.72. The number of carbonyl (C=O) groups is 1. The summed E-state index contributed by atoms with van der Waals surface area (Å²) in [7, 11) is 0. The lowest BCUT2D eigenvalue weighted by Gasteiger charge is -2.34. The summed E-state index contributed by atoms with van der Waals surface area (Å²) in [5, 5.41) is 0. The molecule has 14 heavy (non-hydrogen) atoms. The van der Waals surface area contributed by atoms with Gasteiger partial charge in [-0.15, -0.1) is 0 Å². The first-order valence-corrected chi connectivity index (χ1v) is 5.56. The first-order valence-electron chi connectivity index (χ1n) is 5.56. The van der Waals surface area contributed by atoms with Crippen LogP contribution in [0.2, 0.25) is 0 Å². The van der Waals surface area contributed by atoms with Crippen molar-refractivity contribution >= 4 is 5.91 Å². The minimum atomic E-state index is -0.148. The zero-order valence-corrected chi connectivity index (χ0v) is 9.55. The number of unbranched alkanes of at least 4 members (excludes halogenated alkanes) is 2.